The van der Waals surface area contributed by atoms with Crippen molar-refractivity contribution in [3.05, 3.63) is 70.8 Å². The molecule has 0 heterocycles. The molecule has 2 aromatic rings. The number of carboxylic acid groups (broad SMARTS) is 1. The normalized spacial score (nSPS) is 12.2. The van der Waals surface area contributed by atoms with Crippen LogP contribution in [0.2, 0.25) is 0 Å². The summed E-state index contributed by atoms with van der Waals surface area (Å²) < 4.78 is 5.41. The summed E-state index contributed by atoms with van der Waals surface area (Å²) in [4.78, 5) is 34.8. The summed E-state index contributed by atoms with van der Waals surface area (Å²) >= 11 is 0. The van der Waals surface area contributed by atoms with Gasteiger partial charge in [-0.1, -0.05) is 51.1 Å². The van der Waals surface area contributed by atoms with E-state index in [2.05, 4.69) is 26.1 Å². The second kappa shape index (κ2) is 9.28. The number of carbonyl (C=O) groups excluding carboxylic acids is 2. The molecule has 0 bridgehead atoms. The fourth-order valence-electron chi connectivity index (χ4n) is 2.71. The minimum absolute atomic E-state index is 0.00153. The summed E-state index contributed by atoms with van der Waals surface area (Å²) in [6.07, 6.45) is -0.144. The third-order valence-electron chi connectivity index (χ3n) is 4.36. The van der Waals surface area contributed by atoms with Gasteiger partial charge in [0, 0.05) is 12.0 Å². The van der Waals surface area contributed by atoms with Gasteiger partial charge in [0.25, 0.3) is 5.91 Å². The summed E-state index contributed by atoms with van der Waals surface area (Å²) in [5.41, 5.74) is 2.24. The number of carboxylic acids is 1. The Kier molecular flexibility index (Phi) is 7.06. The molecule has 0 saturated heterocycles. The van der Waals surface area contributed by atoms with Gasteiger partial charge in [-0.05, 0) is 34.7 Å². The molecule has 0 radical (unpaired) electrons. The number of hydrogen-bond donors (Lipinski definition) is 2. The quantitative estimate of drug-likeness (QED) is 0.539. The van der Waals surface area contributed by atoms with E-state index in [0.29, 0.717) is 17.4 Å². The van der Waals surface area contributed by atoms with Crippen LogP contribution >= 0.6 is 0 Å². The first kappa shape index (κ1) is 21.3. The highest BCUT2D eigenvalue weighted by Gasteiger charge is 2.16. The second-order valence-corrected chi connectivity index (χ2v) is 7.49. The molecule has 6 heteroatoms. The molecule has 0 unspecified atom stereocenters. The molecule has 6 nitrogen and oxygen atoms in total. The van der Waals surface area contributed by atoms with Crippen LogP contribution < -0.4 is 5.32 Å². The average Bonchev–Trinajstić information content (AvgIpc) is 2.66. The first-order valence-corrected chi connectivity index (χ1v) is 8.99. The topological polar surface area (TPSA) is 92.7 Å². The molecule has 0 fully saturated rings. The van der Waals surface area contributed by atoms with Crippen LogP contribution in [0, 0.1) is 0 Å². The van der Waals surface area contributed by atoms with Crippen molar-refractivity contribution >= 4 is 18.2 Å². The third-order valence-corrected chi connectivity index (χ3v) is 4.36. The molecule has 2 N–H and O–H groups in total. The molecule has 0 aromatic heterocycles. The van der Waals surface area contributed by atoms with E-state index in [-0.39, 0.29) is 30.0 Å². The lowest BCUT2D eigenvalue weighted by Gasteiger charge is -2.19. The Morgan fingerprint density at radius 1 is 1.11 bits per heavy atom. The summed E-state index contributed by atoms with van der Waals surface area (Å²) in [7, 11) is 0. The molecular formula is C22H25NO5. The van der Waals surface area contributed by atoms with Crippen molar-refractivity contribution in [1.82, 2.24) is 5.32 Å². The van der Waals surface area contributed by atoms with E-state index in [1.165, 1.54) is 6.07 Å². The lowest BCUT2D eigenvalue weighted by atomic mass is 9.87. The molecular weight excluding hydrogens is 358 g/mol. The van der Waals surface area contributed by atoms with Crippen LogP contribution in [0.25, 0.3) is 0 Å². The largest absolute Gasteiger partial charge is 0.478 e. The molecule has 0 aliphatic heterocycles. The number of carbonyl (C=O) groups is 3. The smallest absolute Gasteiger partial charge is 0.335 e. The number of aromatic carboxylic acids is 1. The number of hydrogen-bond acceptors (Lipinski definition) is 4. The summed E-state index contributed by atoms with van der Waals surface area (Å²) in [6, 6.07) is 13.7. The predicted molar refractivity (Wildman–Crippen MR) is 106 cm³/mol. The van der Waals surface area contributed by atoms with E-state index in [0.717, 1.165) is 5.56 Å². The molecule has 2 rings (SSSR count). The molecule has 148 valence electrons. The standard InChI is InChI=1S/C22H25NO5/c1-22(2,3)17-10-8-15(9-11-17)20(25)23-14-28-18(13-24)12-16-6-4-5-7-19(16)21(26)27/h4-11,13,18H,12,14H2,1-3H3,(H,23,25)(H,26,27)/t18-/m0/s1. The van der Waals surface area contributed by atoms with Gasteiger partial charge < -0.3 is 20.0 Å². The molecule has 2 aromatic carbocycles. The fourth-order valence-corrected chi connectivity index (χ4v) is 2.71. The van der Waals surface area contributed by atoms with E-state index in [4.69, 9.17) is 4.74 Å². The van der Waals surface area contributed by atoms with E-state index in [1.54, 1.807) is 30.3 Å². The average molecular weight is 383 g/mol. The van der Waals surface area contributed by atoms with Crippen molar-refractivity contribution in [2.75, 3.05) is 6.73 Å². The number of benzene rings is 2. The summed E-state index contributed by atoms with van der Waals surface area (Å²) in [5.74, 6) is -1.37. The zero-order valence-electron chi connectivity index (χ0n) is 16.3. The number of nitrogens with one attached hydrogen (secondary N) is 1. The zero-order valence-corrected chi connectivity index (χ0v) is 16.3. The van der Waals surface area contributed by atoms with Gasteiger partial charge in [-0.2, -0.15) is 0 Å². The monoisotopic (exact) mass is 383 g/mol. The maximum Gasteiger partial charge on any atom is 0.335 e. The Bertz CT molecular complexity index is 837. The van der Waals surface area contributed by atoms with E-state index >= 15 is 0 Å². The Morgan fingerprint density at radius 3 is 2.32 bits per heavy atom. The van der Waals surface area contributed by atoms with Gasteiger partial charge in [0.2, 0.25) is 0 Å². The van der Waals surface area contributed by atoms with Crippen LogP contribution in [0.1, 0.15) is 52.6 Å². The summed E-state index contributed by atoms with van der Waals surface area (Å²) in [6.45, 7) is 6.13. The van der Waals surface area contributed by atoms with E-state index < -0.39 is 12.1 Å². The van der Waals surface area contributed by atoms with Crippen LogP contribution in [-0.4, -0.2) is 36.1 Å². The van der Waals surface area contributed by atoms with Gasteiger partial charge in [-0.15, -0.1) is 0 Å². The first-order chi connectivity index (χ1) is 13.2. The minimum atomic E-state index is -1.06. The van der Waals surface area contributed by atoms with Gasteiger partial charge in [-0.25, -0.2) is 4.79 Å². The fraction of sp³-hybridized carbons (Fsp3) is 0.318. The van der Waals surface area contributed by atoms with Gasteiger partial charge in [0.15, 0.2) is 0 Å². The van der Waals surface area contributed by atoms with Crippen molar-refractivity contribution < 1.29 is 24.2 Å². The predicted octanol–water partition coefficient (Wildman–Crippen LogP) is 3.20. The molecule has 1 atom stereocenters. The van der Waals surface area contributed by atoms with Crippen molar-refractivity contribution in [3.8, 4) is 0 Å². The van der Waals surface area contributed by atoms with Gasteiger partial charge >= 0.3 is 5.97 Å². The zero-order chi connectivity index (χ0) is 20.7. The maximum absolute atomic E-state index is 12.2. The number of ether oxygens (including phenoxy) is 1. The maximum atomic E-state index is 12.2. The Balaban J connectivity index is 1.91. The van der Waals surface area contributed by atoms with Gasteiger partial charge in [0.05, 0.1) is 5.56 Å². The van der Waals surface area contributed by atoms with Crippen LogP contribution in [0.5, 0.6) is 0 Å². The Hall–Kier alpha value is -2.99. The molecule has 0 aliphatic carbocycles. The molecule has 0 saturated carbocycles. The van der Waals surface area contributed by atoms with Crippen LogP contribution in [0.3, 0.4) is 0 Å². The number of aldehydes is 1. The van der Waals surface area contributed by atoms with Gasteiger partial charge in [0.1, 0.15) is 19.1 Å². The molecule has 1 amide bonds. The van der Waals surface area contributed by atoms with E-state index in [9.17, 15) is 19.5 Å². The highest BCUT2D eigenvalue weighted by Crippen LogP contribution is 2.22. The van der Waals surface area contributed by atoms with Crippen LogP contribution in [0.15, 0.2) is 48.5 Å². The molecule has 0 aliphatic rings. The van der Waals surface area contributed by atoms with Crippen molar-refractivity contribution in [3.63, 3.8) is 0 Å². The lowest BCUT2D eigenvalue weighted by Crippen LogP contribution is -2.30. The number of amides is 1. The van der Waals surface area contributed by atoms with Gasteiger partial charge in [-0.3, -0.25) is 4.79 Å². The molecule has 0 spiro atoms. The van der Waals surface area contributed by atoms with Crippen molar-refractivity contribution in [2.24, 2.45) is 0 Å². The highest BCUT2D eigenvalue weighted by molar-refractivity contribution is 5.94. The molecule has 28 heavy (non-hydrogen) atoms. The van der Waals surface area contributed by atoms with Crippen molar-refractivity contribution in [1.29, 1.82) is 0 Å². The third kappa shape index (κ3) is 5.76. The summed E-state index contributed by atoms with van der Waals surface area (Å²) in [5, 5.41) is 11.8. The second-order valence-electron chi connectivity index (χ2n) is 7.49. The van der Waals surface area contributed by atoms with Crippen LogP contribution in [-0.2, 0) is 21.4 Å². The Labute approximate surface area is 164 Å². The lowest BCUT2D eigenvalue weighted by molar-refractivity contribution is -0.118. The van der Waals surface area contributed by atoms with Crippen LogP contribution in [0.4, 0.5) is 0 Å². The number of rotatable bonds is 8. The van der Waals surface area contributed by atoms with E-state index in [1.807, 2.05) is 12.1 Å². The first-order valence-electron chi connectivity index (χ1n) is 8.99. The highest BCUT2D eigenvalue weighted by atomic mass is 16.5. The minimum Gasteiger partial charge on any atom is -0.478 e. The van der Waals surface area contributed by atoms with Crippen molar-refractivity contribution in [2.45, 2.75) is 38.7 Å². The Morgan fingerprint density at radius 2 is 1.75 bits per heavy atom. The SMILES string of the molecule is CC(C)(C)c1ccc(C(=O)NCO[C@H](C=O)Cc2ccccc2C(=O)O)cc1.